The Kier molecular flexibility index (Phi) is 4.68. The molecule has 8 nitrogen and oxygen atoms in total. The first-order chi connectivity index (χ1) is 13.2. The molecular weight excluding hydrogens is 368 g/mol. The highest BCUT2D eigenvalue weighted by Crippen LogP contribution is 2.40. The van der Waals surface area contributed by atoms with Crippen LogP contribution in [0.2, 0.25) is 0 Å². The maximum Gasteiger partial charge on any atom is 0.323 e. The molecule has 2 N–H and O–H groups in total. The second-order valence-electron chi connectivity index (χ2n) is 6.08. The molecule has 0 unspecified atom stereocenters. The van der Waals surface area contributed by atoms with E-state index in [1.54, 1.807) is 38.5 Å². The molecular formula is C18H18N4O4S. The van der Waals surface area contributed by atoms with Gasteiger partial charge in [-0.2, -0.15) is 4.98 Å². The first-order valence-electron chi connectivity index (χ1n) is 8.39. The lowest BCUT2D eigenvalue weighted by Gasteiger charge is -2.10. The molecule has 27 heavy (non-hydrogen) atoms. The molecule has 1 saturated carbocycles. The van der Waals surface area contributed by atoms with Crippen molar-refractivity contribution in [3.63, 3.8) is 0 Å². The lowest BCUT2D eigenvalue weighted by Crippen LogP contribution is -2.19. The molecule has 0 atom stereocenters. The van der Waals surface area contributed by atoms with Gasteiger partial charge >= 0.3 is 6.03 Å². The molecule has 140 valence electrons. The largest absolute Gasteiger partial charge is 0.497 e. The maximum atomic E-state index is 12.4. The van der Waals surface area contributed by atoms with Gasteiger partial charge in [-0.3, -0.25) is 0 Å². The summed E-state index contributed by atoms with van der Waals surface area (Å²) in [6, 6.07) is 6.54. The number of carbonyl (C=O) groups is 1. The molecule has 3 aromatic rings. The number of carbonyl (C=O) groups excluding carboxylic acids is 1. The minimum atomic E-state index is -0.396. The zero-order valence-corrected chi connectivity index (χ0v) is 15.6. The van der Waals surface area contributed by atoms with Gasteiger partial charge in [-0.25, -0.2) is 4.79 Å². The van der Waals surface area contributed by atoms with Crippen LogP contribution in [0.4, 0.5) is 16.2 Å². The van der Waals surface area contributed by atoms with E-state index in [1.165, 1.54) is 11.3 Å². The van der Waals surface area contributed by atoms with Gasteiger partial charge in [0.05, 0.1) is 19.9 Å². The Labute approximate surface area is 159 Å². The Hall–Kier alpha value is -3.07. The van der Waals surface area contributed by atoms with Gasteiger partial charge in [-0.15, -0.1) is 11.3 Å². The summed E-state index contributed by atoms with van der Waals surface area (Å²) in [5.41, 5.74) is 1.16. The molecule has 0 bridgehead atoms. The van der Waals surface area contributed by atoms with Crippen molar-refractivity contribution in [1.82, 2.24) is 10.1 Å². The molecule has 0 saturated heterocycles. The van der Waals surface area contributed by atoms with E-state index in [9.17, 15) is 4.79 Å². The Morgan fingerprint density at radius 1 is 1.19 bits per heavy atom. The van der Waals surface area contributed by atoms with Gasteiger partial charge in [0.15, 0.2) is 5.82 Å². The van der Waals surface area contributed by atoms with Gasteiger partial charge in [0.25, 0.3) is 5.89 Å². The fourth-order valence-corrected chi connectivity index (χ4v) is 3.34. The Morgan fingerprint density at radius 3 is 2.59 bits per heavy atom. The summed E-state index contributed by atoms with van der Waals surface area (Å²) in [4.78, 5) is 17.6. The molecule has 2 amide bonds. The highest BCUT2D eigenvalue weighted by Gasteiger charge is 2.29. The Morgan fingerprint density at radius 2 is 1.93 bits per heavy atom. The normalized spacial score (nSPS) is 13.3. The van der Waals surface area contributed by atoms with Crippen molar-refractivity contribution < 1.29 is 18.8 Å². The predicted molar refractivity (Wildman–Crippen MR) is 102 cm³/mol. The van der Waals surface area contributed by atoms with Gasteiger partial charge in [0, 0.05) is 29.8 Å². The first-order valence-corrected chi connectivity index (χ1v) is 9.27. The highest BCUT2D eigenvalue weighted by molar-refractivity contribution is 7.14. The molecule has 0 radical (unpaired) electrons. The van der Waals surface area contributed by atoms with Crippen LogP contribution in [0.25, 0.3) is 10.8 Å². The van der Waals surface area contributed by atoms with Crippen LogP contribution in [-0.2, 0) is 0 Å². The molecule has 1 aliphatic rings. The third-order valence-corrected chi connectivity index (χ3v) is 5.00. The minimum Gasteiger partial charge on any atom is -0.497 e. The third-order valence-electron chi connectivity index (χ3n) is 4.10. The van der Waals surface area contributed by atoms with Crippen molar-refractivity contribution in [2.75, 3.05) is 24.9 Å². The summed E-state index contributed by atoms with van der Waals surface area (Å²) in [5, 5.41) is 11.5. The molecule has 1 fully saturated rings. The van der Waals surface area contributed by atoms with Gasteiger partial charge in [-0.05, 0) is 24.3 Å². The summed E-state index contributed by atoms with van der Waals surface area (Å²) in [7, 11) is 3.10. The number of ether oxygens (including phenoxy) is 2. The molecule has 0 spiro atoms. The lowest BCUT2D eigenvalue weighted by molar-refractivity contribution is 0.262. The predicted octanol–water partition coefficient (Wildman–Crippen LogP) is 4.34. The quantitative estimate of drug-likeness (QED) is 0.654. The average Bonchev–Trinajstić information content (AvgIpc) is 3.22. The number of urea groups is 1. The van der Waals surface area contributed by atoms with Crippen LogP contribution < -0.4 is 20.1 Å². The fraction of sp³-hybridized carbons (Fsp3) is 0.278. The molecule has 0 aliphatic heterocycles. The second kappa shape index (κ2) is 7.28. The number of amides is 2. The van der Waals surface area contributed by atoms with Gasteiger partial charge in [0.1, 0.15) is 16.4 Å². The minimum absolute atomic E-state index is 0.396. The lowest BCUT2D eigenvalue weighted by atomic mass is 10.3. The van der Waals surface area contributed by atoms with E-state index in [0.29, 0.717) is 34.7 Å². The average molecular weight is 386 g/mol. The number of hydrogen-bond donors (Lipinski definition) is 2. The van der Waals surface area contributed by atoms with Crippen LogP contribution in [0.1, 0.15) is 24.6 Å². The number of hydrogen-bond acceptors (Lipinski definition) is 7. The SMILES string of the molecule is COc1cc(NC(=O)Nc2ccsc2-c2nc(C3CC3)no2)cc(OC)c1. The summed E-state index contributed by atoms with van der Waals surface area (Å²) in [6.07, 6.45) is 2.20. The van der Waals surface area contributed by atoms with Crippen LogP contribution >= 0.6 is 11.3 Å². The number of benzene rings is 1. The zero-order chi connectivity index (χ0) is 18.8. The fourth-order valence-electron chi connectivity index (χ4n) is 2.57. The van der Waals surface area contributed by atoms with Crippen molar-refractivity contribution in [2.45, 2.75) is 18.8 Å². The Balaban J connectivity index is 1.48. The van der Waals surface area contributed by atoms with Crippen LogP contribution in [0, 0.1) is 0 Å². The molecule has 4 rings (SSSR count). The van der Waals surface area contributed by atoms with E-state index >= 15 is 0 Å². The summed E-state index contributed by atoms with van der Waals surface area (Å²) in [6.45, 7) is 0. The third kappa shape index (κ3) is 3.87. The smallest absolute Gasteiger partial charge is 0.323 e. The van der Waals surface area contributed by atoms with Crippen molar-refractivity contribution >= 4 is 28.7 Å². The van der Waals surface area contributed by atoms with Gasteiger partial charge in [-0.1, -0.05) is 5.16 Å². The number of thiophene rings is 1. The van der Waals surface area contributed by atoms with Crippen molar-refractivity contribution in [3.8, 4) is 22.3 Å². The summed E-state index contributed by atoms with van der Waals surface area (Å²) in [5.74, 6) is 2.73. The highest BCUT2D eigenvalue weighted by atomic mass is 32.1. The van der Waals surface area contributed by atoms with E-state index in [2.05, 4.69) is 20.8 Å². The first kappa shape index (κ1) is 17.3. The van der Waals surface area contributed by atoms with Crippen molar-refractivity contribution in [3.05, 3.63) is 35.5 Å². The van der Waals surface area contributed by atoms with E-state index in [4.69, 9.17) is 14.0 Å². The van der Waals surface area contributed by atoms with E-state index in [-0.39, 0.29) is 0 Å². The molecule has 2 heterocycles. The van der Waals surface area contributed by atoms with Crippen LogP contribution in [-0.4, -0.2) is 30.4 Å². The molecule has 9 heteroatoms. The second-order valence-corrected chi connectivity index (χ2v) is 6.99. The standard InChI is InChI=1S/C18H18N4O4S/c1-24-12-7-11(8-13(9-12)25-2)19-18(23)20-14-5-6-27-15(14)17-21-16(22-26-17)10-3-4-10/h5-10H,3-4H2,1-2H3,(H2,19,20,23). The molecule has 1 aliphatic carbocycles. The Bertz CT molecular complexity index is 942. The monoisotopic (exact) mass is 386 g/mol. The number of rotatable bonds is 6. The van der Waals surface area contributed by atoms with Gasteiger partial charge < -0.3 is 24.6 Å². The number of methoxy groups -OCH3 is 2. The number of aromatic nitrogens is 2. The van der Waals surface area contributed by atoms with Crippen molar-refractivity contribution in [1.29, 1.82) is 0 Å². The zero-order valence-electron chi connectivity index (χ0n) is 14.8. The van der Waals surface area contributed by atoms with Crippen LogP contribution in [0.5, 0.6) is 11.5 Å². The summed E-state index contributed by atoms with van der Waals surface area (Å²) >= 11 is 1.43. The van der Waals surface area contributed by atoms with E-state index in [0.717, 1.165) is 23.5 Å². The van der Waals surface area contributed by atoms with E-state index < -0.39 is 6.03 Å². The maximum absolute atomic E-state index is 12.4. The van der Waals surface area contributed by atoms with E-state index in [1.807, 2.05) is 5.38 Å². The molecule has 2 aromatic heterocycles. The van der Waals surface area contributed by atoms with Gasteiger partial charge in [0.2, 0.25) is 0 Å². The molecule has 1 aromatic carbocycles. The summed E-state index contributed by atoms with van der Waals surface area (Å²) < 4.78 is 15.8. The number of nitrogens with zero attached hydrogens (tertiary/aromatic N) is 2. The van der Waals surface area contributed by atoms with Crippen molar-refractivity contribution in [2.24, 2.45) is 0 Å². The van der Waals surface area contributed by atoms with Crippen LogP contribution in [0.15, 0.2) is 34.2 Å². The number of anilines is 2. The number of nitrogens with one attached hydrogen (secondary N) is 2. The van der Waals surface area contributed by atoms with Crippen LogP contribution in [0.3, 0.4) is 0 Å². The topological polar surface area (TPSA) is 98.5 Å².